The van der Waals surface area contributed by atoms with Crippen molar-refractivity contribution in [2.45, 2.75) is 77.1 Å². The number of ether oxygens (including phenoxy) is 2. The second-order valence-corrected chi connectivity index (χ2v) is 8.06. The Balaban J connectivity index is 2.05. The van der Waals surface area contributed by atoms with Gasteiger partial charge >= 0.3 is 18.2 Å². The fourth-order valence-corrected chi connectivity index (χ4v) is 3.81. The predicted octanol–water partition coefficient (Wildman–Crippen LogP) is 2.88. The predicted molar refractivity (Wildman–Crippen MR) is 93.5 cm³/mol. The molecule has 8 heteroatoms. The highest BCUT2D eigenvalue weighted by Gasteiger charge is 2.47. The van der Waals surface area contributed by atoms with E-state index in [0.29, 0.717) is 18.6 Å². The maximum Gasteiger partial charge on any atom is 0.415 e. The van der Waals surface area contributed by atoms with Gasteiger partial charge < -0.3 is 24.8 Å². The third kappa shape index (κ3) is 4.89. The number of hydrogen-bond donors (Lipinski definition) is 2. The molecule has 26 heavy (non-hydrogen) atoms. The Morgan fingerprint density at radius 1 is 1.19 bits per heavy atom. The summed E-state index contributed by atoms with van der Waals surface area (Å²) in [6, 6.07) is -1.23. The third-order valence-electron chi connectivity index (χ3n) is 4.65. The third-order valence-corrected chi connectivity index (χ3v) is 4.65. The molecule has 146 valence electrons. The molecule has 0 aromatic carbocycles. The number of carboxylic acid groups (broad SMARTS) is 1. The first-order valence-corrected chi connectivity index (χ1v) is 8.86. The average Bonchev–Trinajstić information content (AvgIpc) is 2.73. The summed E-state index contributed by atoms with van der Waals surface area (Å²) in [5, 5.41) is 12.1. The summed E-state index contributed by atoms with van der Waals surface area (Å²) in [7, 11) is 0. The number of nitrogens with zero attached hydrogens (tertiary/aromatic N) is 1. The lowest BCUT2D eigenvalue weighted by atomic mass is 9.85. The van der Waals surface area contributed by atoms with E-state index in [1.807, 2.05) is 0 Å². The van der Waals surface area contributed by atoms with Crippen LogP contribution in [0.1, 0.15) is 53.4 Å². The summed E-state index contributed by atoms with van der Waals surface area (Å²) < 4.78 is 10.3. The summed E-state index contributed by atoms with van der Waals surface area (Å²) in [6.07, 6.45) is 1.40. The van der Waals surface area contributed by atoms with Gasteiger partial charge in [0.05, 0.1) is 5.76 Å². The number of aliphatic carboxylic acids is 1. The van der Waals surface area contributed by atoms with Gasteiger partial charge in [0.1, 0.15) is 11.6 Å². The zero-order valence-corrected chi connectivity index (χ0v) is 15.8. The molecular formula is C18H28N2O6. The Bertz CT molecular complexity index is 583. The molecule has 0 aromatic heterocycles. The van der Waals surface area contributed by atoms with Crippen molar-refractivity contribution < 1.29 is 29.0 Å². The van der Waals surface area contributed by atoms with E-state index in [9.17, 15) is 19.5 Å². The number of fused-ring (bicyclic) bond motifs is 2. The number of hydrogen-bond acceptors (Lipinski definition) is 5. The van der Waals surface area contributed by atoms with Gasteiger partial charge in [-0.3, -0.25) is 0 Å². The summed E-state index contributed by atoms with van der Waals surface area (Å²) in [6.45, 7) is 10.3. The fourth-order valence-electron chi connectivity index (χ4n) is 3.81. The number of carboxylic acids is 1. The zero-order chi connectivity index (χ0) is 19.6. The molecule has 0 radical (unpaired) electrons. The zero-order valence-electron chi connectivity index (χ0n) is 15.8. The molecule has 2 heterocycles. The average molecular weight is 368 g/mol. The Hall–Kier alpha value is -2.25. The molecule has 0 aromatic rings. The van der Waals surface area contributed by atoms with Gasteiger partial charge in [0.25, 0.3) is 0 Å². The van der Waals surface area contributed by atoms with Gasteiger partial charge in [-0.2, -0.15) is 0 Å². The monoisotopic (exact) mass is 368 g/mol. The van der Waals surface area contributed by atoms with E-state index in [1.54, 1.807) is 32.6 Å². The SMILES string of the molecule is C=C(C)OC(=O)N1C2CCC1CC([C@H](NC(=O)OC(C)(C)C)C(=O)O)C2. The normalized spacial score (nSPS) is 26.0. The van der Waals surface area contributed by atoms with E-state index < -0.39 is 29.8 Å². The number of carbonyl (C=O) groups is 3. The van der Waals surface area contributed by atoms with Gasteiger partial charge in [0, 0.05) is 12.1 Å². The van der Waals surface area contributed by atoms with E-state index in [1.165, 1.54) is 0 Å². The van der Waals surface area contributed by atoms with Gasteiger partial charge in [0.2, 0.25) is 0 Å². The first kappa shape index (κ1) is 20.1. The van der Waals surface area contributed by atoms with Gasteiger partial charge in [-0.25, -0.2) is 14.4 Å². The van der Waals surface area contributed by atoms with Gasteiger partial charge in [-0.05, 0) is 59.3 Å². The van der Waals surface area contributed by atoms with Gasteiger partial charge in [-0.1, -0.05) is 6.58 Å². The van der Waals surface area contributed by atoms with Crippen molar-refractivity contribution >= 4 is 18.2 Å². The number of allylic oxidation sites excluding steroid dienone is 1. The summed E-state index contributed by atoms with van der Waals surface area (Å²) in [5.74, 6) is -1.05. The van der Waals surface area contributed by atoms with Crippen LogP contribution in [0.5, 0.6) is 0 Å². The molecule has 8 nitrogen and oxygen atoms in total. The van der Waals surface area contributed by atoms with Gasteiger partial charge in [0.15, 0.2) is 0 Å². The smallest absolute Gasteiger partial charge is 0.415 e. The lowest BCUT2D eigenvalue weighted by molar-refractivity contribution is -0.141. The lowest BCUT2D eigenvalue weighted by Crippen LogP contribution is -2.54. The number of nitrogens with one attached hydrogen (secondary N) is 1. The number of piperidine rings is 1. The minimum atomic E-state index is -1.10. The molecule has 0 aliphatic carbocycles. The van der Waals surface area contributed by atoms with Crippen LogP contribution in [-0.4, -0.2) is 51.9 Å². The molecule has 2 fully saturated rings. The van der Waals surface area contributed by atoms with Crippen LogP contribution in [0.15, 0.2) is 12.3 Å². The van der Waals surface area contributed by atoms with Crippen LogP contribution >= 0.6 is 0 Å². The highest BCUT2D eigenvalue weighted by Crippen LogP contribution is 2.40. The molecule has 2 unspecified atom stereocenters. The molecule has 2 bridgehead atoms. The standard InChI is InChI=1S/C18H28N2O6/c1-10(2)25-17(24)20-12-6-7-13(20)9-11(8-12)14(15(21)22)19-16(23)26-18(3,4)5/h11-14H,1,6-9H2,2-5H3,(H,19,23)(H,21,22)/t11?,12?,13?,14-/m0/s1. The molecule has 2 N–H and O–H groups in total. The number of carbonyl (C=O) groups excluding carboxylic acids is 2. The van der Waals surface area contributed by atoms with Crippen LogP contribution < -0.4 is 5.32 Å². The maximum absolute atomic E-state index is 12.3. The number of alkyl carbamates (subject to hydrolysis) is 1. The molecule has 2 aliphatic rings. The second kappa shape index (κ2) is 7.55. The van der Waals surface area contributed by atoms with E-state index in [2.05, 4.69) is 11.9 Å². The highest BCUT2D eigenvalue weighted by molar-refractivity contribution is 5.80. The van der Waals surface area contributed by atoms with Crippen molar-refractivity contribution in [1.29, 1.82) is 0 Å². The minimum Gasteiger partial charge on any atom is -0.480 e. The van der Waals surface area contributed by atoms with Crippen molar-refractivity contribution in [3.63, 3.8) is 0 Å². The van der Waals surface area contributed by atoms with Crippen LogP contribution in [0, 0.1) is 5.92 Å². The number of rotatable bonds is 4. The second-order valence-electron chi connectivity index (χ2n) is 8.06. The summed E-state index contributed by atoms with van der Waals surface area (Å²) in [5.41, 5.74) is -0.707. The van der Waals surface area contributed by atoms with Crippen molar-refractivity contribution in [2.24, 2.45) is 5.92 Å². The fraction of sp³-hybridized carbons (Fsp3) is 0.722. The molecule has 2 amide bonds. The molecule has 2 rings (SSSR count). The topological polar surface area (TPSA) is 105 Å². The molecular weight excluding hydrogens is 340 g/mol. The van der Waals surface area contributed by atoms with Gasteiger partial charge in [-0.15, -0.1) is 0 Å². The Morgan fingerprint density at radius 3 is 2.15 bits per heavy atom. The van der Waals surface area contributed by atoms with E-state index >= 15 is 0 Å². The minimum absolute atomic E-state index is 0.0899. The molecule has 3 atom stereocenters. The first-order chi connectivity index (χ1) is 12.0. The lowest BCUT2D eigenvalue weighted by Gasteiger charge is -2.40. The number of amides is 2. The van der Waals surface area contributed by atoms with Crippen LogP contribution in [0.4, 0.5) is 9.59 Å². The van der Waals surface area contributed by atoms with Crippen molar-refractivity contribution in [1.82, 2.24) is 10.2 Å². The Labute approximate surface area is 153 Å². The Morgan fingerprint density at radius 2 is 1.73 bits per heavy atom. The van der Waals surface area contributed by atoms with E-state index in [0.717, 1.165) is 12.8 Å². The van der Waals surface area contributed by atoms with Crippen molar-refractivity contribution in [2.75, 3.05) is 0 Å². The van der Waals surface area contributed by atoms with Crippen LogP contribution in [-0.2, 0) is 14.3 Å². The maximum atomic E-state index is 12.3. The molecule has 2 saturated heterocycles. The molecule has 0 spiro atoms. The van der Waals surface area contributed by atoms with Crippen molar-refractivity contribution in [3.8, 4) is 0 Å². The first-order valence-electron chi connectivity index (χ1n) is 8.86. The van der Waals surface area contributed by atoms with Crippen LogP contribution in [0.3, 0.4) is 0 Å². The van der Waals surface area contributed by atoms with Crippen LogP contribution in [0.25, 0.3) is 0 Å². The highest BCUT2D eigenvalue weighted by atomic mass is 16.6. The molecule has 2 aliphatic heterocycles. The van der Waals surface area contributed by atoms with Crippen molar-refractivity contribution in [3.05, 3.63) is 12.3 Å². The quantitative estimate of drug-likeness (QED) is 0.739. The van der Waals surface area contributed by atoms with E-state index in [4.69, 9.17) is 9.47 Å². The summed E-state index contributed by atoms with van der Waals surface area (Å²) in [4.78, 5) is 37.6. The summed E-state index contributed by atoms with van der Waals surface area (Å²) >= 11 is 0. The van der Waals surface area contributed by atoms with Crippen LogP contribution in [0.2, 0.25) is 0 Å². The molecule has 0 saturated carbocycles. The Kier molecular flexibility index (Phi) is 5.83. The van der Waals surface area contributed by atoms with E-state index in [-0.39, 0.29) is 18.0 Å². The largest absolute Gasteiger partial charge is 0.480 e.